The van der Waals surface area contributed by atoms with Gasteiger partial charge in [0.05, 0.1) is 6.61 Å². The second kappa shape index (κ2) is 6.68. The molecule has 0 aromatic heterocycles. The molecule has 1 rings (SSSR count). The highest BCUT2D eigenvalue weighted by atomic mass is 32.2. The van der Waals surface area contributed by atoms with E-state index in [1.165, 1.54) is 10.7 Å². The average molecular weight is 264 g/mol. The van der Waals surface area contributed by atoms with E-state index in [9.17, 15) is 8.42 Å². The first kappa shape index (κ1) is 14.9. The van der Waals surface area contributed by atoms with Crippen LogP contribution in [0.25, 0.3) is 0 Å². The summed E-state index contributed by atoms with van der Waals surface area (Å²) in [5.74, 6) is 0.303. The van der Waals surface area contributed by atoms with Crippen molar-refractivity contribution in [1.29, 1.82) is 0 Å². The molecule has 1 N–H and O–H groups in total. The van der Waals surface area contributed by atoms with E-state index in [4.69, 9.17) is 4.84 Å². The van der Waals surface area contributed by atoms with Crippen molar-refractivity contribution in [2.75, 3.05) is 13.7 Å². The van der Waals surface area contributed by atoms with E-state index in [1.807, 2.05) is 13.8 Å². The molecular weight excluding hydrogens is 240 g/mol. The zero-order chi connectivity index (χ0) is 12.9. The van der Waals surface area contributed by atoms with Crippen LogP contribution in [-0.4, -0.2) is 32.4 Å². The molecule has 1 fully saturated rings. The molecule has 0 heterocycles. The van der Waals surface area contributed by atoms with Crippen molar-refractivity contribution in [3.05, 3.63) is 0 Å². The molecule has 0 spiro atoms. The summed E-state index contributed by atoms with van der Waals surface area (Å²) in [6.07, 6.45) is 5.32. The Kier molecular flexibility index (Phi) is 5.85. The summed E-state index contributed by atoms with van der Waals surface area (Å²) >= 11 is 0. The van der Waals surface area contributed by atoms with Crippen LogP contribution in [0.1, 0.15) is 46.0 Å². The molecule has 102 valence electrons. The minimum atomic E-state index is -3.49. The van der Waals surface area contributed by atoms with E-state index in [0.29, 0.717) is 12.5 Å². The Hall–Kier alpha value is -0.170. The van der Waals surface area contributed by atoms with Gasteiger partial charge in [0.25, 0.3) is 0 Å². The van der Waals surface area contributed by atoms with Crippen LogP contribution in [0, 0.1) is 5.92 Å². The van der Waals surface area contributed by atoms with Crippen molar-refractivity contribution in [3.8, 4) is 0 Å². The first-order valence-electron chi connectivity index (χ1n) is 6.30. The van der Waals surface area contributed by atoms with E-state index >= 15 is 0 Å². The number of hydrogen-bond donors (Lipinski definition) is 1. The minimum Gasteiger partial charge on any atom is -0.286 e. The normalized spacial score (nSPS) is 19.1. The molecule has 5 nitrogen and oxygen atoms in total. The molecule has 6 heteroatoms. The van der Waals surface area contributed by atoms with Gasteiger partial charge in [0, 0.05) is 13.1 Å². The number of nitrogens with zero attached hydrogens (tertiary/aromatic N) is 1. The Bertz CT molecular complexity index is 311. The lowest BCUT2D eigenvalue weighted by atomic mass is 9.96. The zero-order valence-corrected chi connectivity index (χ0v) is 11.8. The fourth-order valence-corrected chi connectivity index (χ4v) is 2.91. The predicted octanol–water partition coefficient (Wildman–Crippen LogP) is 1.67. The molecule has 0 aliphatic heterocycles. The van der Waals surface area contributed by atoms with Gasteiger partial charge >= 0.3 is 10.2 Å². The summed E-state index contributed by atoms with van der Waals surface area (Å²) < 4.78 is 25.2. The minimum absolute atomic E-state index is 0.115. The van der Waals surface area contributed by atoms with Crippen LogP contribution in [0.5, 0.6) is 0 Å². The molecule has 17 heavy (non-hydrogen) atoms. The fraction of sp³-hybridized carbons (Fsp3) is 1.00. The van der Waals surface area contributed by atoms with Gasteiger partial charge in [0.15, 0.2) is 0 Å². The highest BCUT2D eigenvalue weighted by Crippen LogP contribution is 2.22. The van der Waals surface area contributed by atoms with Crippen LogP contribution >= 0.6 is 0 Å². The van der Waals surface area contributed by atoms with Crippen molar-refractivity contribution in [2.24, 2.45) is 5.92 Å². The first-order valence-corrected chi connectivity index (χ1v) is 7.74. The van der Waals surface area contributed by atoms with Crippen LogP contribution in [0.4, 0.5) is 0 Å². The van der Waals surface area contributed by atoms with Gasteiger partial charge < -0.3 is 0 Å². The third kappa shape index (κ3) is 4.91. The van der Waals surface area contributed by atoms with E-state index in [0.717, 1.165) is 25.7 Å². The smallest absolute Gasteiger partial charge is 0.286 e. The van der Waals surface area contributed by atoms with Crippen molar-refractivity contribution in [1.82, 2.24) is 9.19 Å². The molecular formula is C11H24N2O3S. The Morgan fingerprint density at radius 3 is 2.41 bits per heavy atom. The van der Waals surface area contributed by atoms with Crippen molar-refractivity contribution in [3.63, 3.8) is 0 Å². The molecule has 0 unspecified atom stereocenters. The largest absolute Gasteiger partial charge is 0.301 e. The molecule has 0 aromatic carbocycles. The van der Waals surface area contributed by atoms with Crippen molar-refractivity contribution >= 4 is 10.2 Å². The number of nitrogens with one attached hydrogen (secondary N) is 1. The SMILES string of the molecule is CC(C)CONS(=O)(=O)N(C)C1CCCCC1. The topological polar surface area (TPSA) is 58.6 Å². The lowest BCUT2D eigenvalue weighted by Gasteiger charge is -2.30. The Labute approximate surface area is 105 Å². The Morgan fingerprint density at radius 1 is 1.29 bits per heavy atom. The lowest BCUT2D eigenvalue weighted by molar-refractivity contribution is 0.0663. The molecule has 0 radical (unpaired) electrons. The van der Waals surface area contributed by atoms with Crippen LogP contribution in [0.15, 0.2) is 0 Å². The highest BCUT2D eigenvalue weighted by molar-refractivity contribution is 7.87. The van der Waals surface area contributed by atoms with E-state index in [-0.39, 0.29) is 6.04 Å². The quantitative estimate of drug-likeness (QED) is 0.742. The standard InChI is InChI=1S/C11H24N2O3S/c1-10(2)9-16-12-17(14,15)13(3)11-7-5-4-6-8-11/h10-12H,4-9H2,1-3H3. The van der Waals surface area contributed by atoms with Gasteiger partial charge in [-0.1, -0.05) is 38.0 Å². The molecule has 0 atom stereocenters. The van der Waals surface area contributed by atoms with Crippen molar-refractivity contribution in [2.45, 2.75) is 52.0 Å². The highest BCUT2D eigenvalue weighted by Gasteiger charge is 2.27. The Balaban J connectivity index is 2.44. The maximum atomic E-state index is 11.9. The molecule has 0 saturated heterocycles. The molecule has 0 bridgehead atoms. The third-order valence-corrected chi connectivity index (χ3v) is 4.43. The molecule has 0 amide bonds. The van der Waals surface area contributed by atoms with Gasteiger partial charge in [-0.15, -0.1) is 0 Å². The monoisotopic (exact) mass is 264 g/mol. The summed E-state index contributed by atoms with van der Waals surface area (Å²) in [7, 11) is -1.87. The summed E-state index contributed by atoms with van der Waals surface area (Å²) in [5.41, 5.74) is 0. The lowest BCUT2D eigenvalue weighted by Crippen LogP contribution is -2.45. The summed E-state index contributed by atoms with van der Waals surface area (Å²) in [4.78, 5) is 7.18. The molecule has 1 aliphatic rings. The number of rotatable bonds is 6. The number of hydrogen-bond acceptors (Lipinski definition) is 3. The second-order valence-corrected chi connectivity index (χ2v) is 6.79. The maximum absolute atomic E-state index is 11.9. The van der Waals surface area contributed by atoms with Gasteiger partial charge in [0.1, 0.15) is 0 Å². The predicted molar refractivity (Wildman–Crippen MR) is 67.5 cm³/mol. The van der Waals surface area contributed by atoms with Gasteiger partial charge in [-0.2, -0.15) is 12.7 Å². The van der Waals surface area contributed by atoms with Gasteiger partial charge in [-0.3, -0.25) is 4.84 Å². The van der Waals surface area contributed by atoms with Crippen LogP contribution in [-0.2, 0) is 15.0 Å². The van der Waals surface area contributed by atoms with Crippen LogP contribution in [0.2, 0.25) is 0 Å². The van der Waals surface area contributed by atoms with Gasteiger partial charge in [0.2, 0.25) is 0 Å². The van der Waals surface area contributed by atoms with Gasteiger partial charge in [-0.05, 0) is 18.8 Å². The summed E-state index contributed by atoms with van der Waals surface area (Å²) in [5, 5.41) is 0. The second-order valence-electron chi connectivity index (χ2n) is 5.10. The molecule has 1 aliphatic carbocycles. The maximum Gasteiger partial charge on any atom is 0.301 e. The fourth-order valence-electron chi connectivity index (χ4n) is 1.97. The van der Waals surface area contributed by atoms with E-state index in [1.54, 1.807) is 7.05 Å². The summed E-state index contributed by atoms with van der Waals surface area (Å²) in [6.45, 7) is 4.33. The van der Waals surface area contributed by atoms with E-state index < -0.39 is 10.2 Å². The van der Waals surface area contributed by atoms with Crippen molar-refractivity contribution < 1.29 is 13.3 Å². The Morgan fingerprint density at radius 2 is 1.88 bits per heavy atom. The average Bonchev–Trinajstić information content (AvgIpc) is 2.28. The third-order valence-electron chi connectivity index (χ3n) is 3.05. The summed E-state index contributed by atoms with van der Waals surface area (Å²) in [6, 6.07) is 0.115. The van der Waals surface area contributed by atoms with Gasteiger partial charge in [-0.25, -0.2) is 0 Å². The van der Waals surface area contributed by atoms with E-state index in [2.05, 4.69) is 4.89 Å². The first-order chi connectivity index (χ1) is 7.93. The molecule has 0 aromatic rings. The van der Waals surface area contributed by atoms with Crippen LogP contribution in [0.3, 0.4) is 0 Å². The molecule has 1 saturated carbocycles. The zero-order valence-electron chi connectivity index (χ0n) is 11.0. The van der Waals surface area contributed by atoms with Crippen LogP contribution < -0.4 is 4.89 Å².